The van der Waals surface area contributed by atoms with Crippen LogP contribution in [0, 0.1) is 0 Å². The summed E-state index contributed by atoms with van der Waals surface area (Å²) < 4.78 is 5.78. The van der Waals surface area contributed by atoms with E-state index in [1.807, 2.05) is 30.3 Å². The summed E-state index contributed by atoms with van der Waals surface area (Å²) >= 11 is 0. The number of carbonyl (C=O) groups excluding carboxylic acids is 2. The zero-order valence-electron chi connectivity index (χ0n) is 16.3. The van der Waals surface area contributed by atoms with Gasteiger partial charge in [0.1, 0.15) is 6.04 Å². The smallest absolute Gasteiger partial charge is 0.268 e. The lowest BCUT2D eigenvalue weighted by Crippen LogP contribution is -2.48. The van der Waals surface area contributed by atoms with E-state index in [1.54, 1.807) is 6.07 Å². The second kappa shape index (κ2) is 9.48. The van der Waals surface area contributed by atoms with Crippen LogP contribution >= 0.6 is 0 Å². The van der Waals surface area contributed by atoms with E-state index in [2.05, 4.69) is 17.4 Å². The maximum absolute atomic E-state index is 12.9. The molecular formula is C22H26N2O4. The average Bonchev–Trinajstić information content (AvgIpc) is 2.72. The molecule has 1 N–H and O–H groups in total. The number of ether oxygens (including phenoxy) is 1. The van der Waals surface area contributed by atoms with Gasteiger partial charge < -0.3 is 10.1 Å². The molecule has 6 nitrogen and oxygen atoms in total. The van der Waals surface area contributed by atoms with Crippen molar-refractivity contribution in [2.24, 2.45) is 0 Å². The first-order chi connectivity index (χ1) is 13.6. The number of hydroxylamine groups is 2. The summed E-state index contributed by atoms with van der Waals surface area (Å²) in [6.45, 7) is 0.986. The molecule has 0 spiro atoms. The molecule has 1 atom stereocenters. The number of nitrogens with zero attached hydrogens (tertiary/aromatic N) is 1. The van der Waals surface area contributed by atoms with E-state index in [1.165, 1.54) is 19.7 Å². The van der Waals surface area contributed by atoms with Crippen molar-refractivity contribution < 1.29 is 19.2 Å². The van der Waals surface area contributed by atoms with Gasteiger partial charge in [-0.15, -0.1) is 0 Å². The summed E-state index contributed by atoms with van der Waals surface area (Å²) in [5, 5.41) is 4.03. The Morgan fingerprint density at radius 3 is 2.79 bits per heavy atom. The third-order valence-electron chi connectivity index (χ3n) is 4.89. The van der Waals surface area contributed by atoms with Gasteiger partial charge in [-0.05, 0) is 35.6 Å². The lowest BCUT2D eigenvalue weighted by Gasteiger charge is -2.24. The number of nitrogens with one attached hydrogen (secondary N) is 1. The summed E-state index contributed by atoms with van der Waals surface area (Å²) in [7, 11) is 2.97. The molecule has 148 valence electrons. The number of amides is 2. The monoisotopic (exact) mass is 382 g/mol. The van der Waals surface area contributed by atoms with Crippen molar-refractivity contribution in [1.29, 1.82) is 0 Å². The molecule has 1 aliphatic heterocycles. The van der Waals surface area contributed by atoms with E-state index < -0.39 is 6.04 Å². The predicted octanol–water partition coefficient (Wildman–Crippen LogP) is 2.51. The third-order valence-corrected chi connectivity index (χ3v) is 4.89. The van der Waals surface area contributed by atoms with Crippen molar-refractivity contribution in [3.05, 3.63) is 70.8 Å². The SMILES string of the molecule is CON(C)C(=O)[C@@H]1Cc2cccc(c2)CCCOCc2ccccc2C(=O)N1. The fourth-order valence-corrected chi connectivity index (χ4v) is 3.32. The Morgan fingerprint density at radius 1 is 1.18 bits per heavy atom. The largest absolute Gasteiger partial charge is 0.377 e. The number of fused-ring (bicyclic) bond motifs is 3. The van der Waals surface area contributed by atoms with Crippen molar-refractivity contribution in [3.8, 4) is 0 Å². The summed E-state index contributed by atoms with van der Waals surface area (Å²) in [6.07, 6.45) is 2.19. The van der Waals surface area contributed by atoms with Gasteiger partial charge in [-0.1, -0.05) is 42.5 Å². The van der Waals surface area contributed by atoms with Gasteiger partial charge >= 0.3 is 0 Å². The highest BCUT2D eigenvalue weighted by molar-refractivity contribution is 5.98. The third kappa shape index (κ3) is 4.97. The average molecular weight is 382 g/mol. The minimum absolute atomic E-state index is 0.296. The highest BCUT2D eigenvalue weighted by Gasteiger charge is 2.26. The van der Waals surface area contributed by atoms with Crippen LogP contribution in [0.25, 0.3) is 0 Å². The minimum atomic E-state index is -0.732. The maximum atomic E-state index is 12.9. The first-order valence-corrected chi connectivity index (χ1v) is 9.44. The van der Waals surface area contributed by atoms with Crippen LogP contribution in [-0.4, -0.2) is 43.7 Å². The molecule has 0 saturated heterocycles. The van der Waals surface area contributed by atoms with Crippen molar-refractivity contribution >= 4 is 11.8 Å². The zero-order chi connectivity index (χ0) is 19.9. The molecular weight excluding hydrogens is 356 g/mol. The van der Waals surface area contributed by atoms with Gasteiger partial charge in [-0.2, -0.15) is 0 Å². The molecule has 28 heavy (non-hydrogen) atoms. The zero-order valence-corrected chi connectivity index (χ0v) is 16.3. The summed E-state index contributed by atoms with van der Waals surface area (Å²) in [6, 6.07) is 14.7. The number of hydrogen-bond acceptors (Lipinski definition) is 4. The first-order valence-electron chi connectivity index (χ1n) is 9.44. The highest BCUT2D eigenvalue weighted by atomic mass is 16.7. The molecule has 0 aliphatic carbocycles. The Hall–Kier alpha value is -2.70. The van der Waals surface area contributed by atoms with Crippen molar-refractivity contribution in [1.82, 2.24) is 10.4 Å². The molecule has 0 fully saturated rings. The van der Waals surface area contributed by atoms with Crippen LogP contribution in [0.15, 0.2) is 48.5 Å². The standard InChI is InChI=1S/C22H26N2O4/c1-24(27-2)22(26)20-14-17-8-5-7-16(13-17)9-6-12-28-15-18-10-3-4-11-19(18)21(25)23-20/h3-5,7-8,10-11,13,20H,6,9,12,14-15H2,1-2H3,(H,23,25)/t20-/m0/s1. The van der Waals surface area contributed by atoms with Crippen LogP contribution < -0.4 is 5.32 Å². The number of rotatable bonds is 2. The number of hydrogen-bond donors (Lipinski definition) is 1. The predicted molar refractivity (Wildman–Crippen MR) is 106 cm³/mol. The van der Waals surface area contributed by atoms with Crippen LogP contribution in [0.4, 0.5) is 0 Å². The number of benzene rings is 2. The lowest BCUT2D eigenvalue weighted by atomic mass is 10.00. The van der Waals surface area contributed by atoms with Crippen LogP contribution in [-0.2, 0) is 33.8 Å². The second-order valence-electron chi connectivity index (χ2n) is 6.88. The van der Waals surface area contributed by atoms with E-state index in [0.717, 1.165) is 29.0 Å². The Morgan fingerprint density at radius 2 is 1.96 bits per heavy atom. The number of carbonyl (C=O) groups is 2. The quantitative estimate of drug-likeness (QED) is 0.811. The summed E-state index contributed by atoms with van der Waals surface area (Å²) in [4.78, 5) is 30.8. The molecule has 0 aromatic heterocycles. The Labute approximate surface area is 165 Å². The van der Waals surface area contributed by atoms with Gasteiger partial charge in [0.2, 0.25) is 0 Å². The minimum Gasteiger partial charge on any atom is -0.377 e. The van der Waals surface area contributed by atoms with Crippen molar-refractivity contribution in [2.45, 2.75) is 31.9 Å². The van der Waals surface area contributed by atoms with Gasteiger partial charge in [0.15, 0.2) is 0 Å². The summed E-state index contributed by atoms with van der Waals surface area (Å²) in [5.74, 6) is -0.600. The second-order valence-corrected chi connectivity index (χ2v) is 6.88. The van der Waals surface area contributed by atoms with Crippen LogP contribution in [0.3, 0.4) is 0 Å². The molecule has 2 aromatic carbocycles. The fourth-order valence-electron chi connectivity index (χ4n) is 3.32. The first kappa shape index (κ1) is 20.0. The molecule has 3 rings (SSSR count). The molecule has 0 saturated carbocycles. The van der Waals surface area contributed by atoms with Crippen molar-refractivity contribution in [2.75, 3.05) is 20.8 Å². The van der Waals surface area contributed by atoms with Crippen molar-refractivity contribution in [3.63, 3.8) is 0 Å². The Bertz CT molecular complexity index is 837. The lowest BCUT2D eigenvalue weighted by molar-refractivity contribution is -0.170. The molecule has 2 aromatic rings. The van der Waals surface area contributed by atoms with E-state index in [4.69, 9.17) is 9.57 Å². The summed E-state index contributed by atoms with van der Waals surface area (Å²) in [5.41, 5.74) is 3.51. The molecule has 1 aliphatic rings. The Balaban J connectivity index is 1.94. The normalized spacial score (nSPS) is 17.8. The van der Waals surface area contributed by atoms with Crippen LogP contribution in [0.1, 0.15) is 33.5 Å². The van der Waals surface area contributed by atoms with Crippen LogP contribution in [0.2, 0.25) is 0 Å². The van der Waals surface area contributed by atoms with E-state index >= 15 is 0 Å². The fraction of sp³-hybridized carbons (Fsp3) is 0.364. The van der Waals surface area contributed by atoms with E-state index in [9.17, 15) is 9.59 Å². The molecule has 2 amide bonds. The molecule has 6 heteroatoms. The number of likely N-dealkylation sites (N-methyl/N-ethyl adjacent to an activating group) is 1. The molecule has 0 unspecified atom stereocenters. The highest BCUT2D eigenvalue weighted by Crippen LogP contribution is 2.15. The van der Waals surface area contributed by atoms with Gasteiger partial charge in [-0.3, -0.25) is 14.4 Å². The molecule has 0 radical (unpaired) electrons. The molecule has 1 heterocycles. The van der Waals surface area contributed by atoms with E-state index in [0.29, 0.717) is 25.2 Å². The van der Waals surface area contributed by atoms with Gasteiger partial charge in [0.25, 0.3) is 11.8 Å². The number of aryl methyl sites for hydroxylation is 1. The van der Waals surface area contributed by atoms with Gasteiger partial charge in [0, 0.05) is 25.6 Å². The van der Waals surface area contributed by atoms with Crippen LogP contribution in [0.5, 0.6) is 0 Å². The van der Waals surface area contributed by atoms with E-state index in [-0.39, 0.29) is 11.8 Å². The molecule has 2 bridgehead atoms. The van der Waals surface area contributed by atoms with Gasteiger partial charge in [-0.25, -0.2) is 5.06 Å². The topological polar surface area (TPSA) is 67.9 Å². The maximum Gasteiger partial charge on any atom is 0.268 e. The Kier molecular flexibility index (Phi) is 6.79. The van der Waals surface area contributed by atoms with Gasteiger partial charge in [0.05, 0.1) is 13.7 Å².